The van der Waals surface area contributed by atoms with Crippen LogP contribution in [0.2, 0.25) is 0 Å². The Hall–Kier alpha value is -1.08. The van der Waals surface area contributed by atoms with E-state index >= 15 is 0 Å². The van der Waals surface area contributed by atoms with Gasteiger partial charge >= 0.3 is 0 Å². The zero-order valence-electron chi connectivity index (χ0n) is 28.1. The zero-order chi connectivity index (χ0) is 31.1. The molecule has 2 unspecified atom stereocenters. The zero-order valence-corrected chi connectivity index (χ0v) is 28.1. The van der Waals surface area contributed by atoms with Crippen LogP contribution in [0.15, 0.2) is 11.6 Å². The van der Waals surface area contributed by atoms with E-state index in [4.69, 9.17) is 14.6 Å². The van der Waals surface area contributed by atoms with Gasteiger partial charge in [-0.3, -0.25) is 4.79 Å². The summed E-state index contributed by atoms with van der Waals surface area (Å²) in [6.07, 6.45) is 4.81. The van der Waals surface area contributed by atoms with Gasteiger partial charge in [0.05, 0.1) is 43.0 Å². The number of allylic oxidation sites excluding steroid dienone is 1. The third-order valence-corrected chi connectivity index (χ3v) is 6.52. The monoisotopic (exact) mass is 546 g/mol. The van der Waals surface area contributed by atoms with Crippen molar-refractivity contribution in [2.45, 2.75) is 134 Å². The van der Waals surface area contributed by atoms with Crippen LogP contribution in [0, 0.1) is 23.7 Å². The predicted octanol–water partition coefficient (Wildman–Crippen LogP) is 7.70. The standard InChI is InChI=1S/C23H42O4.C5H12O2.2C2H6/c1-10-12-23(9,19(7)18(6)22(25)17(5)13-24)27-15-21(11-2)14-26-20(8)16(3)4;1-5(2,6)4-7-3;2*1-2/h11,13,16-20H,10,12,14-15H2,1-9H3;6H,4H2,1-3H3;2*1-2H3/b21-11+;;;/t17?,18-,19-,20?,23-;;;/m1.../s1. The van der Waals surface area contributed by atoms with E-state index in [0.717, 1.165) is 24.7 Å². The first-order valence-corrected chi connectivity index (χ1v) is 14.7. The molecule has 0 heterocycles. The molecule has 230 valence electrons. The summed E-state index contributed by atoms with van der Waals surface area (Å²) in [5.74, 6) is -0.316. The number of carbonyl (C=O) groups excluding carboxylic acids is 2. The molecular formula is C32H66O6. The molecule has 38 heavy (non-hydrogen) atoms. The molecule has 6 nitrogen and oxygen atoms in total. The summed E-state index contributed by atoms with van der Waals surface area (Å²) in [5.41, 5.74) is 0.0105. The van der Waals surface area contributed by atoms with Crippen LogP contribution < -0.4 is 0 Å². The Kier molecular flexibility index (Phi) is 28.8. The van der Waals surface area contributed by atoms with Gasteiger partial charge in [0.2, 0.25) is 0 Å². The van der Waals surface area contributed by atoms with Gasteiger partial charge in [0.1, 0.15) is 12.1 Å². The first-order valence-electron chi connectivity index (χ1n) is 14.7. The highest BCUT2D eigenvalue weighted by molar-refractivity contribution is 5.94. The van der Waals surface area contributed by atoms with Crippen molar-refractivity contribution in [3.63, 3.8) is 0 Å². The van der Waals surface area contributed by atoms with E-state index in [1.165, 1.54) is 0 Å². The van der Waals surface area contributed by atoms with Crippen molar-refractivity contribution in [1.29, 1.82) is 0 Å². The molecule has 5 atom stereocenters. The van der Waals surface area contributed by atoms with E-state index in [1.807, 2.05) is 47.6 Å². The third-order valence-electron chi connectivity index (χ3n) is 6.52. The molecule has 0 bridgehead atoms. The van der Waals surface area contributed by atoms with Crippen molar-refractivity contribution in [1.82, 2.24) is 0 Å². The Morgan fingerprint density at radius 1 is 0.947 bits per heavy atom. The third kappa shape index (κ3) is 20.8. The Balaban J connectivity index is -0.000000444. The van der Waals surface area contributed by atoms with Gasteiger partial charge < -0.3 is 24.1 Å². The fourth-order valence-electron chi connectivity index (χ4n) is 3.43. The highest BCUT2D eigenvalue weighted by atomic mass is 16.5. The summed E-state index contributed by atoms with van der Waals surface area (Å²) in [6.45, 7) is 31.1. The second-order valence-electron chi connectivity index (χ2n) is 10.7. The molecule has 0 spiro atoms. The second kappa shape index (κ2) is 24.9. The van der Waals surface area contributed by atoms with Gasteiger partial charge in [-0.15, -0.1) is 0 Å². The second-order valence-corrected chi connectivity index (χ2v) is 10.7. The number of ether oxygens (including phenoxy) is 3. The number of carbonyl (C=O) groups is 2. The van der Waals surface area contributed by atoms with Gasteiger partial charge in [0.15, 0.2) is 0 Å². The molecule has 0 aliphatic carbocycles. The number of hydrogen-bond donors (Lipinski definition) is 1. The van der Waals surface area contributed by atoms with E-state index < -0.39 is 17.1 Å². The maximum Gasteiger partial charge on any atom is 0.145 e. The molecule has 0 fully saturated rings. The highest BCUT2D eigenvalue weighted by Gasteiger charge is 2.38. The lowest BCUT2D eigenvalue weighted by atomic mass is 9.75. The van der Waals surface area contributed by atoms with Crippen LogP contribution in [0.5, 0.6) is 0 Å². The molecule has 0 amide bonds. The molecule has 1 N–H and O–H groups in total. The maximum atomic E-state index is 12.5. The molecule has 6 heteroatoms. The lowest BCUT2D eigenvalue weighted by molar-refractivity contribution is -0.137. The van der Waals surface area contributed by atoms with Crippen LogP contribution in [0.25, 0.3) is 0 Å². The minimum Gasteiger partial charge on any atom is -0.388 e. The lowest BCUT2D eigenvalue weighted by Crippen LogP contribution is -2.43. The summed E-state index contributed by atoms with van der Waals surface area (Å²) >= 11 is 0. The molecule has 0 radical (unpaired) electrons. The van der Waals surface area contributed by atoms with Crippen molar-refractivity contribution in [2.75, 3.05) is 26.9 Å². The summed E-state index contributed by atoms with van der Waals surface area (Å²) in [5, 5.41) is 8.89. The molecule has 0 rings (SSSR count). The lowest BCUT2D eigenvalue weighted by Gasteiger charge is -2.39. The minimum atomic E-state index is -0.672. The Labute approximate surface area is 237 Å². The van der Waals surface area contributed by atoms with Gasteiger partial charge in [-0.2, -0.15) is 0 Å². The largest absolute Gasteiger partial charge is 0.388 e. The Bertz CT molecular complexity index is 593. The van der Waals surface area contributed by atoms with Gasteiger partial charge in [-0.05, 0) is 65.4 Å². The van der Waals surface area contributed by atoms with E-state index in [2.05, 4.69) is 46.3 Å². The van der Waals surface area contributed by atoms with Crippen molar-refractivity contribution in [3.8, 4) is 0 Å². The summed E-state index contributed by atoms with van der Waals surface area (Å²) in [6, 6.07) is 0. The van der Waals surface area contributed by atoms with Crippen LogP contribution in [-0.4, -0.2) is 61.4 Å². The topological polar surface area (TPSA) is 82.1 Å². The molecule has 0 aromatic heterocycles. The van der Waals surface area contributed by atoms with Gasteiger partial charge in [0.25, 0.3) is 0 Å². The highest BCUT2D eigenvalue weighted by Crippen LogP contribution is 2.34. The van der Waals surface area contributed by atoms with Crippen molar-refractivity contribution >= 4 is 12.1 Å². The summed E-state index contributed by atoms with van der Waals surface area (Å²) in [7, 11) is 1.57. The number of methoxy groups -OCH3 is 1. The molecule has 0 saturated carbocycles. The van der Waals surface area contributed by atoms with Crippen molar-refractivity contribution < 1.29 is 28.9 Å². The number of Topliss-reactive ketones (excluding diaryl/α,β-unsaturated/α-hetero) is 1. The maximum absolute atomic E-state index is 12.5. The van der Waals surface area contributed by atoms with Gasteiger partial charge in [-0.1, -0.05) is 74.8 Å². The predicted molar refractivity (Wildman–Crippen MR) is 163 cm³/mol. The van der Waals surface area contributed by atoms with Crippen LogP contribution in [-0.2, 0) is 23.8 Å². The molecule has 0 aliphatic heterocycles. The first kappa shape index (κ1) is 44.0. The molecular weight excluding hydrogens is 480 g/mol. The molecule has 0 aromatic carbocycles. The normalized spacial score (nSPS) is 16.2. The summed E-state index contributed by atoms with van der Waals surface area (Å²) in [4.78, 5) is 23.5. The molecule has 0 saturated heterocycles. The quantitative estimate of drug-likeness (QED) is 0.121. The SMILES string of the molecule is C/C=C(\COC(C)C(C)C)CO[C@](C)(CCC)[C@H](C)[C@@H](C)C(=O)C(C)C=O.CC.CC.COCC(C)(C)O. The molecule has 0 aliphatic rings. The van der Waals surface area contributed by atoms with Crippen molar-refractivity contribution in [2.24, 2.45) is 23.7 Å². The van der Waals surface area contributed by atoms with E-state index in [0.29, 0.717) is 25.7 Å². The fraction of sp³-hybridized carbons (Fsp3) is 0.875. The molecule has 0 aromatic rings. The Morgan fingerprint density at radius 2 is 1.45 bits per heavy atom. The number of hydrogen-bond acceptors (Lipinski definition) is 6. The van der Waals surface area contributed by atoms with E-state index in [-0.39, 0.29) is 23.7 Å². The van der Waals surface area contributed by atoms with Crippen LogP contribution in [0.4, 0.5) is 0 Å². The fourth-order valence-corrected chi connectivity index (χ4v) is 3.43. The Morgan fingerprint density at radius 3 is 1.76 bits per heavy atom. The van der Waals surface area contributed by atoms with Gasteiger partial charge in [0, 0.05) is 13.0 Å². The van der Waals surface area contributed by atoms with E-state index in [9.17, 15) is 9.59 Å². The number of rotatable bonds is 16. The minimum absolute atomic E-state index is 0.0104. The number of ketones is 1. The van der Waals surface area contributed by atoms with Crippen LogP contribution >= 0.6 is 0 Å². The van der Waals surface area contributed by atoms with Crippen molar-refractivity contribution in [3.05, 3.63) is 11.6 Å². The summed E-state index contributed by atoms with van der Waals surface area (Å²) < 4.78 is 17.0. The van der Waals surface area contributed by atoms with Gasteiger partial charge in [-0.25, -0.2) is 0 Å². The van der Waals surface area contributed by atoms with Crippen LogP contribution in [0.3, 0.4) is 0 Å². The van der Waals surface area contributed by atoms with E-state index in [1.54, 1.807) is 27.9 Å². The average Bonchev–Trinajstić information content (AvgIpc) is 2.88. The smallest absolute Gasteiger partial charge is 0.145 e. The average molecular weight is 547 g/mol. The first-order chi connectivity index (χ1) is 17.6. The van der Waals surface area contributed by atoms with Crippen LogP contribution in [0.1, 0.15) is 117 Å². The number of aliphatic hydroxyl groups is 1. The number of aldehydes is 1.